The third kappa shape index (κ3) is 3.28. The third-order valence-electron chi connectivity index (χ3n) is 5.03. The van der Waals surface area contributed by atoms with E-state index in [4.69, 9.17) is 5.10 Å². The van der Waals surface area contributed by atoms with Crippen molar-refractivity contribution in [3.8, 4) is 0 Å². The van der Waals surface area contributed by atoms with Crippen LogP contribution in [0.4, 0.5) is 5.69 Å². The van der Waals surface area contributed by atoms with Crippen LogP contribution in [0.5, 0.6) is 0 Å². The predicted molar refractivity (Wildman–Crippen MR) is 110 cm³/mol. The van der Waals surface area contributed by atoms with Crippen molar-refractivity contribution in [1.82, 2.24) is 0 Å². The highest BCUT2D eigenvalue weighted by molar-refractivity contribution is 6.03. The van der Waals surface area contributed by atoms with E-state index in [1.807, 2.05) is 0 Å². The topological polar surface area (TPSA) is 15.6 Å². The van der Waals surface area contributed by atoms with Gasteiger partial charge in [0.1, 0.15) is 0 Å². The molecule has 0 N–H and O–H groups in total. The van der Waals surface area contributed by atoms with E-state index in [0.29, 0.717) is 5.92 Å². The molecule has 0 amide bonds. The molecule has 3 aromatic carbocycles. The molecule has 130 valence electrons. The monoisotopic (exact) mass is 340 g/mol. The molecule has 0 aromatic heterocycles. The van der Waals surface area contributed by atoms with Crippen molar-refractivity contribution in [3.63, 3.8) is 0 Å². The number of hydrogen-bond acceptors (Lipinski definition) is 2. The molecule has 0 fully saturated rings. The minimum atomic E-state index is 0.233. The first-order chi connectivity index (χ1) is 12.7. The first-order valence-corrected chi connectivity index (χ1v) is 9.29. The Bertz CT molecular complexity index is 881. The van der Waals surface area contributed by atoms with Crippen LogP contribution >= 0.6 is 0 Å². The Morgan fingerprint density at radius 1 is 0.808 bits per heavy atom. The van der Waals surface area contributed by atoms with Crippen LogP contribution in [0.2, 0.25) is 0 Å². The number of rotatable bonds is 4. The molecule has 1 atom stereocenters. The Kier molecular flexibility index (Phi) is 4.57. The molecule has 0 saturated heterocycles. The van der Waals surface area contributed by atoms with Gasteiger partial charge in [0.25, 0.3) is 0 Å². The average molecular weight is 340 g/mol. The summed E-state index contributed by atoms with van der Waals surface area (Å²) < 4.78 is 0. The molecule has 2 nitrogen and oxygen atoms in total. The van der Waals surface area contributed by atoms with Gasteiger partial charge in [0.2, 0.25) is 0 Å². The molecule has 0 radical (unpaired) electrons. The highest BCUT2D eigenvalue weighted by atomic mass is 15.5. The number of anilines is 1. The average Bonchev–Trinajstić information content (AvgIpc) is 3.15. The third-order valence-corrected chi connectivity index (χ3v) is 5.03. The number of nitrogens with zero attached hydrogens (tertiary/aromatic N) is 2. The van der Waals surface area contributed by atoms with Crippen molar-refractivity contribution in [2.45, 2.75) is 32.2 Å². The highest BCUT2D eigenvalue weighted by Crippen LogP contribution is 2.37. The zero-order valence-electron chi connectivity index (χ0n) is 15.3. The second-order valence-corrected chi connectivity index (χ2v) is 7.13. The second-order valence-electron chi connectivity index (χ2n) is 7.13. The Labute approximate surface area is 155 Å². The molecule has 1 heterocycles. The normalized spacial score (nSPS) is 16.8. The van der Waals surface area contributed by atoms with Gasteiger partial charge in [-0.25, -0.2) is 0 Å². The van der Waals surface area contributed by atoms with Crippen LogP contribution in [0.15, 0.2) is 90.0 Å². The van der Waals surface area contributed by atoms with Crippen molar-refractivity contribution in [2.75, 3.05) is 5.01 Å². The van der Waals surface area contributed by atoms with Crippen LogP contribution < -0.4 is 5.01 Å². The van der Waals surface area contributed by atoms with Gasteiger partial charge in [0.15, 0.2) is 0 Å². The number of hydrazone groups is 1. The Hall–Kier alpha value is -2.87. The van der Waals surface area contributed by atoms with Gasteiger partial charge in [-0.1, -0.05) is 86.6 Å². The first-order valence-electron chi connectivity index (χ1n) is 9.29. The molecule has 0 aliphatic carbocycles. The maximum atomic E-state index is 5.01. The lowest BCUT2D eigenvalue weighted by molar-refractivity contribution is 0.708. The SMILES string of the molecule is CC(C)c1ccc(N2N=C(c3ccccc3)CC2c2ccccc2)cc1. The van der Waals surface area contributed by atoms with E-state index in [1.165, 1.54) is 16.7 Å². The molecule has 1 aliphatic heterocycles. The molecular formula is C24H24N2. The van der Waals surface area contributed by atoms with Gasteiger partial charge in [-0.2, -0.15) is 5.10 Å². The Morgan fingerprint density at radius 2 is 1.42 bits per heavy atom. The van der Waals surface area contributed by atoms with Gasteiger partial charge in [-0.15, -0.1) is 0 Å². The van der Waals surface area contributed by atoms with E-state index in [9.17, 15) is 0 Å². The molecule has 1 aliphatic rings. The number of benzene rings is 3. The number of hydrogen-bond donors (Lipinski definition) is 0. The molecule has 26 heavy (non-hydrogen) atoms. The summed E-state index contributed by atoms with van der Waals surface area (Å²) in [6.07, 6.45) is 0.917. The lowest BCUT2D eigenvalue weighted by atomic mass is 9.98. The zero-order chi connectivity index (χ0) is 17.9. The van der Waals surface area contributed by atoms with E-state index in [1.54, 1.807) is 0 Å². The smallest absolute Gasteiger partial charge is 0.0831 e. The lowest BCUT2D eigenvalue weighted by Gasteiger charge is -2.24. The van der Waals surface area contributed by atoms with Crippen LogP contribution in [-0.2, 0) is 0 Å². The van der Waals surface area contributed by atoms with Crippen molar-refractivity contribution in [1.29, 1.82) is 0 Å². The summed E-state index contributed by atoms with van der Waals surface area (Å²) in [6.45, 7) is 4.45. The van der Waals surface area contributed by atoms with Gasteiger partial charge in [-0.05, 0) is 34.7 Å². The fourth-order valence-corrected chi connectivity index (χ4v) is 3.50. The second kappa shape index (κ2) is 7.17. The molecule has 4 rings (SSSR count). The van der Waals surface area contributed by atoms with E-state index >= 15 is 0 Å². The van der Waals surface area contributed by atoms with Crippen LogP contribution in [0.1, 0.15) is 48.9 Å². The molecule has 0 saturated carbocycles. The molecule has 0 spiro atoms. The van der Waals surface area contributed by atoms with Crippen molar-refractivity contribution < 1.29 is 0 Å². The van der Waals surface area contributed by atoms with Gasteiger partial charge in [0, 0.05) is 6.42 Å². The van der Waals surface area contributed by atoms with Crippen LogP contribution in [0.3, 0.4) is 0 Å². The maximum Gasteiger partial charge on any atom is 0.0831 e. The fraction of sp³-hybridized carbons (Fsp3) is 0.208. The molecule has 1 unspecified atom stereocenters. The van der Waals surface area contributed by atoms with Crippen LogP contribution in [-0.4, -0.2) is 5.71 Å². The first kappa shape index (κ1) is 16.6. The Morgan fingerprint density at radius 3 is 2.04 bits per heavy atom. The zero-order valence-corrected chi connectivity index (χ0v) is 15.3. The predicted octanol–water partition coefficient (Wildman–Crippen LogP) is 6.17. The van der Waals surface area contributed by atoms with E-state index in [0.717, 1.165) is 17.8 Å². The van der Waals surface area contributed by atoms with Crippen molar-refractivity contribution >= 4 is 11.4 Å². The summed E-state index contributed by atoms with van der Waals surface area (Å²) in [5.41, 5.74) is 6.16. The summed E-state index contributed by atoms with van der Waals surface area (Å²) in [4.78, 5) is 0. The maximum absolute atomic E-state index is 5.01. The summed E-state index contributed by atoms with van der Waals surface area (Å²) in [6, 6.07) is 30.2. The van der Waals surface area contributed by atoms with Gasteiger partial charge >= 0.3 is 0 Å². The standard InChI is InChI=1S/C24H24N2/c1-18(2)19-13-15-22(16-14-19)26-24(21-11-7-4-8-12-21)17-23(25-26)20-9-5-3-6-10-20/h3-16,18,24H,17H2,1-2H3. The van der Waals surface area contributed by atoms with E-state index in [-0.39, 0.29) is 6.04 Å². The van der Waals surface area contributed by atoms with E-state index < -0.39 is 0 Å². The summed E-state index contributed by atoms with van der Waals surface area (Å²) >= 11 is 0. The van der Waals surface area contributed by atoms with Crippen molar-refractivity contribution in [2.24, 2.45) is 5.10 Å². The molecule has 3 aromatic rings. The molecule has 2 heteroatoms. The summed E-state index contributed by atoms with van der Waals surface area (Å²) in [7, 11) is 0. The van der Waals surface area contributed by atoms with Gasteiger partial charge in [-0.3, -0.25) is 5.01 Å². The molecular weight excluding hydrogens is 316 g/mol. The minimum absolute atomic E-state index is 0.233. The minimum Gasteiger partial charge on any atom is -0.257 e. The highest BCUT2D eigenvalue weighted by Gasteiger charge is 2.29. The molecule has 0 bridgehead atoms. The largest absolute Gasteiger partial charge is 0.257 e. The van der Waals surface area contributed by atoms with Crippen molar-refractivity contribution in [3.05, 3.63) is 102 Å². The van der Waals surface area contributed by atoms with Crippen LogP contribution in [0, 0.1) is 0 Å². The quantitative estimate of drug-likeness (QED) is 0.555. The summed E-state index contributed by atoms with van der Waals surface area (Å²) in [5.74, 6) is 0.538. The lowest BCUT2D eigenvalue weighted by Crippen LogP contribution is -2.18. The van der Waals surface area contributed by atoms with E-state index in [2.05, 4.69) is 104 Å². The van der Waals surface area contributed by atoms with Gasteiger partial charge < -0.3 is 0 Å². The van der Waals surface area contributed by atoms with Gasteiger partial charge in [0.05, 0.1) is 17.4 Å². The summed E-state index contributed by atoms with van der Waals surface area (Å²) in [5, 5.41) is 7.19. The van der Waals surface area contributed by atoms with Crippen LogP contribution in [0.25, 0.3) is 0 Å². The Balaban J connectivity index is 1.72. The fourth-order valence-electron chi connectivity index (χ4n) is 3.50.